The topological polar surface area (TPSA) is 56.7 Å². The summed E-state index contributed by atoms with van der Waals surface area (Å²) in [5, 5.41) is 8.84. The first-order chi connectivity index (χ1) is 8.88. The normalized spacial score (nSPS) is 20.4. The first kappa shape index (κ1) is 14.0. The van der Waals surface area contributed by atoms with Crippen LogP contribution in [0.25, 0.3) is 0 Å². The van der Waals surface area contributed by atoms with E-state index in [9.17, 15) is 4.79 Å². The zero-order chi connectivity index (χ0) is 14.0. The van der Waals surface area contributed by atoms with Crippen molar-refractivity contribution in [1.29, 1.82) is 0 Å². The highest BCUT2D eigenvalue weighted by Crippen LogP contribution is 2.20. The van der Waals surface area contributed by atoms with Gasteiger partial charge in [-0.15, -0.1) is 0 Å². The number of hydrogen-bond donors (Lipinski definition) is 1. The highest BCUT2D eigenvalue weighted by atomic mass is 16.4. The fourth-order valence-corrected chi connectivity index (χ4v) is 2.35. The number of likely N-dealkylation sites (N-methyl/N-ethyl adjacent to an activating group) is 1. The Bertz CT molecular complexity index is 456. The van der Waals surface area contributed by atoms with E-state index in [0.717, 1.165) is 31.9 Å². The van der Waals surface area contributed by atoms with Crippen molar-refractivity contribution in [2.45, 2.75) is 25.9 Å². The highest BCUT2D eigenvalue weighted by molar-refractivity contribution is 5.87. The maximum absolute atomic E-state index is 10.8. The Morgan fingerprint density at radius 2 is 2.16 bits per heavy atom. The number of rotatable bonds is 3. The van der Waals surface area contributed by atoms with Gasteiger partial charge in [0.25, 0.3) is 0 Å². The summed E-state index contributed by atoms with van der Waals surface area (Å²) >= 11 is 0. The first-order valence-electron chi connectivity index (χ1n) is 6.50. The van der Waals surface area contributed by atoms with E-state index in [1.54, 1.807) is 12.1 Å². The van der Waals surface area contributed by atoms with Crippen LogP contribution < -0.4 is 0 Å². The zero-order valence-corrected chi connectivity index (χ0v) is 11.8. The number of nitrogens with zero attached hydrogens (tertiary/aromatic N) is 3. The quantitative estimate of drug-likeness (QED) is 0.891. The number of aromatic carboxylic acids is 1. The predicted molar refractivity (Wildman–Crippen MR) is 73.2 cm³/mol. The molecule has 1 N–H and O–H groups in total. The van der Waals surface area contributed by atoms with Crippen LogP contribution in [0.2, 0.25) is 0 Å². The summed E-state index contributed by atoms with van der Waals surface area (Å²) in [6, 6.07) is 3.42. The molecule has 0 unspecified atom stereocenters. The third kappa shape index (κ3) is 3.30. The van der Waals surface area contributed by atoms with Gasteiger partial charge in [-0.2, -0.15) is 0 Å². The minimum Gasteiger partial charge on any atom is -0.478 e. The lowest BCUT2D eigenvalue weighted by atomic mass is 9.99. The molecule has 1 aliphatic heterocycles. The Labute approximate surface area is 113 Å². The summed E-state index contributed by atoms with van der Waals surface area (Å²) in [6.07, 6.45) is 1.43. The first-order valence-corrected chi connectivity index (χ1v) is 6.50. The number of hydrogen-bond acceptors (Lipinski definition) is 4. The minimum absolute atomic E-state index is 0.166. The van der Waals surface area contributed by atoms with Crippen molar-refractivity contribution in [2.75, 3.05) is 26.7 Å². The summed E-state index contributed by atoms with van der Waals surface area (Å²) in [5.74, 6) is -0.931. The van der Waals surface area contributed by atoms with Crippen molar-refractivity contribution in [2.24, 2.45) is 0 Å². The molecule has 104 valence electrons. The molecule has 1 aromatic heterocycles. The van der Waals surface area contributed by atoms with Gasteiger partial charge in [-0.05, 0) is 33.0 Å². The standard InChI is InChI=1S/C14H21N3O2/c1-14(2)10-17(7-6-16(14)3)9-12-5-4-11(8-15-12)13(18)19/h4-5,8H,6-7,9-10H2,1-3H3,(H,18,19). The van der Waals surface area contributed by atoms with Gasteiger partial charge in [-0.1, -0.05) is 0 Å². The van der Waals surface area contributed by atoms with Gasteiger partial charge in [-0.3, -0.25) is 14.8 Å². The number of carboxylic acids is 1. The Morgan fingerprint density at radius 1 is 1.42 bits per heavy atom. The van der Waals surface area contributed by atoms with Gasteiger partial charge < -0.3 is 5.11 Å². The molecule has 0 amide bonds. The number of carboxylic acid groups (broad SMARTS) is 1. The molecule has 19 heavy (non-hydrogen) atoms. The molecule has 2 rings (SSSR count). The second kappa shape index (κ2) is 5.27. The maximum Gasteiger partial charge on any atom is 0.337 e. The van der Waals surface area contributed by atoms with Gasteiger partial charge >= 0.3 is 5.97 Å². The summed E-state index contributed by atoms with van der Waals surface area (Å²) in [5.41, 5.74) is 1.33. The molecule has 1 aliphatic rings. The van der Waals surface area contributed by atoms with E-state index in [2.05, 4.69) is 35.7 Å². The molecule has 1 fully saturated rings. The van der Waals surface area contributed by atoms with E-state index >= 15 is 0 Å². The third-order valence-corrected chi connectivity index (χ3v) is 3.85. The predicted octanol–water partition coefficient (Wildman–Crippen LogP) is 1.31. The molecule has 0 radical (unpaired) electrons. The van der Waals surface area contributed by atoms with Crippen LogP contribution >= 0.6 is 0 Å². The molecule has 5 heteroatoms. The molecule has 1 aromatic rings. The van der Waals surface area contributed by atoms with Crippen molar-refractivity contribution >= 4 is 5.97 Å². The molecular weight excluding hydrogens is 242 g/mol. The average Bonchev–Trinajstić information content (AvgIpc) is 2.34. The van der Waals surface area contributed by atoms with Crippen LogP contribution in [0.1, 0.15) is 29.9 Å². The van der Waals surface area contributed by atoms with E-state index < -0.39 is 5.97 Å². The van der Waals surface area contributed by atoms with E-state index in [4.69, 9.17) is 5.11 Å². The smallest absolute Gasteiger partial charge is 0.337 e. The molecule has 5 nitrogen and oxygen atoms in total. The Kier molecular flexibility index (Phi) is 3.87. The zero-order valence-electron chi connectivity index (χ0n) is 11.8. The van der Waals surface area contributed by atoms with Crippen molar-refractivity contribution in [3.63, 3.8) is 0 Å². The molecule has 0 aliphatic carbocycles. The highest BCUT2D eigenvalue weighted by Gasteiger charge is 2.30. The number of aromatic nitrogens is 1. The van der Waals surface area contributed by atoms with Gasteiger partial charge in [0.1, 0.15) is 0 Å². The number of piperazine rings is 1. The number of pyridine rings is 1. The number of carbonyl (C=O) groups is 1. The Balaban J connectivity index is 2.00. The van der Waals surface area contributed by atoms with Crippen molar-refractivity contribution in [1.82, 2.24) is 14.8 Å². The SMILES string of the molecule is CN1CCN(Cc2ccc(C(=O)O)cn2)CC1(C)C. The Morgan fingerprint density at radius 3 is 2.68 bits per heavy atom. The van der Waals surface area contributed by atoms with Crippen LogP contribution in [-0.2, 0) is 6.54 Å². The van der Waals surface area contributed by atoms with Gasteiger partial charge in [0, 0.05) is 37.9 Å². The van der Waals surface area contributed by atoms with Crippen molar-refractivity contribution in [3.8, 4) is 0 Å². The molecule has 2 heterocycles. The van der Waals surface area contributed by atoms with Gasteiger partial charge in [0.05, 0.1) is 11.3 Å². The van der Waals surface area contributed by atoms with Crippen LogP contribution in [0.4, 0.5) is 0 Å². The summed E-state index contributed by atoms with van der Waals surface area (Å²) < 4.78 is 0. The fourth-order valence-electron chi connectivity index (χ4n) is 2.35. The average molecular weight is 263 g/mol. The molecule has 1 saturated heterocycles. The second-order valence-corrected chi connectivity index (χ2v) is 5.79. The van der Waals surface area contributed by atoms with Gasteiger partial charge in [0.15, 0.2) is 0 Å². The van der Waals surface area contributed by atoms with Crippen LogP contribution in [0.5, 0.6) is 0 Å². The lowest BCUT2D eigenvalue weighted by molar-refractivity contribution is 0.0354. The molecule has 0 saturated carbocycles. The minimum atomic E-state index is -0.931. The molecule has 0 bridgehead atoms. The van der Waals surface area contributed by atoms with E-state index in [1.165, 1.54) is 6.20 Å². The molecule has 0 spiro atoms. The lowest BCUT2D eigenvalue weighted by Gasteiger charge is -2.45. The summed E-state index contributed by atoms with van der Waals surface area (Å²) in [7, 11) is 2.15. The van der Waals surface area contributed by atoms with E-state index in [0.29, 0.717) is 0 Å². The van der Waals surface area contributed by atoms with E-state index in [1.807, 2.05) is 0 Å². The third-order valence-electron chi connectivity index (χ3n) is 3.85. The molecule has 0 atom stereocenters. The Hall–Kier alpha value is -1.46. The fraction of sp³-hybridized carbons (Fsp3) is 0.571. The van der Waals surface area contributed by atoms with Gasteiger partial charge in [0.2, 0.25) is 0 Å². The van der Waals surface area contributed by atoms with Crippen molar-refractivity contribution < 1.29 is 9.90 Å². The van der Waals surface area contributed by atoms with Crippen LogP contribution in [0, 0.1) is 0 Å². The monoisotopic (exact) mass is 263 g/mol. The largest absolute Gasteiger partial charge is 0.478 e. The van der Waals surface area contributed by atoms with Crippen molar-refractivity contribution in [3.05, 3.63) is 29.6 Å². The van der Waals surface area contributed by atoms with Crippen LogP contribution in [0.3, 0.4) is 0 Å². The molecular formula is C14H21N3O2. The second-order valence-electron chi connectivity index (χ2n) is 5.79. The summed E-state index contributed by atoms with van der Waals surface area (Å²) in [6.45, 7) is 8.30. The van der Waals surface area contributed by atoms with Crippen LogP contribution in [-0.4, -0.2) is 58.1 Å². The summed E-state index contributed by atoms with van der Waals surface area (Å²) in [4.78, 5) is 19.7. The van der Waals surface area contributed by atoms with E-state index in [-0.39, 0.29) is 11.1 Å². The van der Waals surface area contributed by atoms with Gasteiger partial charge in [-0.25, -0.2) is 4.79 Å². The molecule has 0 aromatic carbocycles. The van der Waals surface area contributed by atoms with Crippen LogP contribution in [0.15, 0.2) is 18.3 Å². The maximum atomic E-state index is 10.8. The lowest BCUT2D eigenvalue weighted by Crippen LogP contribution is -2.57.